The van der Waals surface area contributed by atoms with Crippen molar-refractivity contribution >= 4 is 5.91 Å². The number of piperidine rings is 1. The number of aromatic nitrogens is 2. The third kappa shape index (κ3) is 2.85. The molecule has 17 heavy (non-hydrogen) atoms. The Labute approximate surface area is 102 Å². The van der Waals surface area contributed by atoms with Crippen LogP contribution in [0.2, 0.25) is 0 Å². The van der Waals surface area contributed by atoms with Crippen molar-refractivity contribution in [2.45, 2.75) is 25.3 Å². The van der Waals surface area contributed by atoms with Crippen molar-refractivity contribution in [3.8, 4) is 0 Å². The highest BCUT2D eigenvalue weighted by Gasteiger charge is 2.26. The first-order valence-corrected chi connectivity index (χ1v) is 6.12. The third-order valence-corrected chi connectivity index (χ3v) is 3.33. The molecule has 1 fully saturated rings. The number of H-pyrrole nitrogens is 1. The van der Waals surface area contributed by atoms with E-state index < -0.39 is 0 Å². The maximum atomic E-state index is 11.8. The van der Waals surface area contributed by atoms with Gasteiger partial charge in [-0.2, -0.15) is 5.10 Å². The Bertz CT molecular complexity index is 361. The van der Waals surface area contributed by atoms with Crippen LogP contribution in [-0.2, 0) is 4.79 Å². The van der Waals surface area contributed by atoms with E-state index in [-0.39, 0.29) is 5.91 Å². The second-order valence-electron chi connectivity index (χ2n) is 4.78. The normalized spacial score (nSPS) is 21.4. The van der Waals surface area contributed by atoms with Gasteiger partial charge in [0.2, 0.25) is 5.91 Å². The lowest BCUT2D eigenvalue weighted by Crippen LogP contribution is -2.41. The summed E-state index contributed by atoms with van der Waals surface area (Å²) in [5.41, 5.74) is 1.12. The van der Waals surface area contributed by atoms with Gasteiger partial charge in [0.1, 0.15) is 0 Å². The average Bonchev–Trinajstić information content (AvgIpc) is 2.83. The number of hydrogen-bond donors (Lipinski definition) is 1. The molecule has 2 heterocycles. The molecular formula is C12H20N4O. The average molecular weight is 236 g/mol. The van der Waals surface area contributed by atoms with E-state index in [1.54, 1.807) is 25.2 Å². The Balaban J connectivity index is 2.05. The Hall–Kier alpha value is -1.36. The summed E-state index contributed by atoms with van der Waals surface area (Å²) in [6, 6.07) is 2.32. The van der Waals surface area contributed by atoms with E-state index in [9.17, 15) is 4.79 Å². The molecule has 1 aliphatic heterocycles. The van der Waals surface area contributed by atoms with Crippen LogP contribution >= 0.6 is 0 Å². The van der Waals surface area contributed by atoms with Crippen molar-refractivity contribution < 1.29 is 4.79 Å². The second kappa shape index (κ2) is 5.31. The number of aromatic amines is 1. The lowest BCUT2D eigenvalue weighted by Gasteiger charge is -2.34. The highest BCUT2D eigenvalue weighted by molar-refractivity contribution is 5.77. The standard InChI is InChI=1S/C12H20N4O/c1-15(2)12(17)9-16-8-4-3-5-11(16)10-6-7-13-14-10/h6-7,11H,3-5,8-9H2,1-2H3,(H,13,14)/t11-/m1/s1. The molecule has 0 bridgehead atoms. The highest BCUT2D eigenvalue weighted by Crippen LogP contribution is 2.29. The molecule has 5 nitrogen and oxygen atoms in total. The lowest BCUT2D eigenvalue weighted by molar-refractivity contribution is -0.130. The number of nitrogens with one attached hydrogen (secondary N) is 1. The van der Waals surface area contributed by atoms with Gasteiger partial charge in [0.15, 0.2) is 0 Å². The van der Waals surface area contributed by atoms with Crippen LogP contribution < -0.4 is 0 Å². The molecule has 0 unspecified atom stereocenters. The minimum Gasteiger partial charge on any atom is -0.348 e. The minimum atomic E-state index is 0.163. The van der Waals surface area contributed by atoms with Crippen molar-refractivity contribution in [3.05, 3.63) is 18.0 Å². The van der Waals surface area contributed by atoms with E-state index in [4.69, 9.17) is 0 Å². The van der Waals surface area contributed by atoms with E-state index in [2.05, 4.69) is 15.1 Å². The molecule has 2 rings (SSSR count). The first-order valence-electron chi connectivity index (χ1n) is 6.12. The van der Waals surface area contributed by atoms with E-state index in [1.165, 1.54) is 12.8 Å². The van der Waals surface area contributed by atoms with Crippen LogP contribution in [0.1, 0.15) is 31.0 Å². The van der Waals surface area contributed by atoms with Crippen LogP contribution in [0.25, 0.3) is 0 Å². The Morgan fingerprint density at radius 1 is 1.59 bits per heavy atom. The molecule has 0 radical (unpaired) electrons. The summed E-state index contributed by atoms with van der Waals surface area (Å²) in [6.45, 7) is 1.49. The summed E-state index contributed by atoms with van der Waals surface area (Å²) in [4.78, 5) is 15.7. The van der Waals surface area contributed by atoms with Crippen molar-refractivity contribution in [2.24, 2.45) is 0 Å². The van der Waals surface area contributed by atoms with Gasteiger partial charge in [-0.3, -0.25) is 14.8 Å². The fourth-order valence-corrected chi connectivity index (χ4v) is 2.30. The van der Waals surface area contributed by atoms with Crippen molar-refractivity contribution in [1.29, 1.82) is 0 Å². The molecule has 1 aliphatic rings. The van der Waals surface area contributed by atoms with Crippen LogP contribution in [0.15, 0.2) is 12.3 Å². The third-order valence-electron chi connectivity index (χ3n) is 3.33. The van der Waals surface area contributed by atoms with Crippen molar-refractivity contribution in [1.82, 2.24) is 20.0 Å². The molecule has 94 valence electrons. The summed E-state index contributed by atoms with van der Waals surface area (Å²) in [6.07, 6.45) is 5.26. The summed E-state index contributed by atoms with van der Waals surface area (Å²) in [5, 5.41) is 7.02. The first kappa shape index (κ1) is 12.1. The summed E-state index contributed by atoms with van der Waals surface area (Å²) >= 11 is 0. The van der Waals surface area contributed by atoms with Gasteiger partial charge < -0.3 is 4.90 Å². The molecule has 1 amide bonds. The number of nitrogens with zero attached hydrogens (tertiary/aromatic N) is 3. The maximum Gasteiger partial charge on any atom is 0.236 e. The molecule has 5 heteroatoms. The number of carbonyl (C=O) groups excluding carboxylic acids is 1. The zero-order chi connectivity index (χ0) is 12.3. The van der Waals surface area contributed by atoms with Crippen LogP contribution in [0, 0.1) is 0 Å². The van der Waals surface area contributed by atoms with Gasteiger partial charge in [0.25, 0.3) is 0 Å². The molecule has 0 spiro atoms. The van der Waals surface area contributed by atoms with Crippen LogP contribution in [0.3, 0.4) is 0 Å². The van der Waals surface area contributed by atoms with E-state index in [0.29, 0.717) is 12.6 Å². The maximum absolute atomic E-state index is 11.8. The van der Waals surface area contributed by atoms with Gasteiger partial charge in [-0.15, -0.1) is 0 Å². The van der Waals surface area contributed by atoms with E-state index in [0.717, 1.165) is 18.7 Å². The number of likely N-dealkylation sites (N-methyl/N-ethyl adjacent to an activating group) is 1. The first-order chi connectivity index (χ1) is 8.18. The van der Waals surface area contributed by atoms with Gasteiger partial charge in [-0.25, -0.2) is 0 Å². The monoisotopic (exact) mass is 236 g/mol. The van der Waals surface area contributed by atoms with E-state index >= 15 is 0 Å². The molecule has 1 atom stereocenters. The predicted octanol–water partition coefficient (Wildman–Crippen LogP) is 1.02. The lowest BCUT2D eigenvalue weighted by atomic mass is 9.99. The van der Waals surface area contributed by atoms with Gasteiger partial charge in [0.05, 0.1) is 18.3 Å². The topological polar surface area (TPSA) is 52.2 Å². The number of likely N-dealkylation sites (tertiary alicyclic amines) is 1. The largest absolute Gasteiger partial charge is 0.348 e. The molecule has 1 aromatic rings. The molecule has 1 N–H and O–H groups in total. The fraction of sp³-hybridized carbons (Fsp3) is 0.667. The quantitative estimate of drug-likeness (QED) is 0.852. The smallest absolute Gasteiger partial charge is 0.236 e. The zero-order valence-corrected chi connectivity index (χ0v) is 10.5. The molecule has 0 aromatic carbocycles. The molecule has 1 aromatic heterocycles. The molecular weight excluding hydrogens is 216 g/mol. The Morgan fingerprint density at radius 3 is 3.06 bits per heavy atom. The fourth-order valence-electron chi connectivity index (χ4n) is 2.30. The Morgan fingerprint density at radius 2 is 2.41 bits per heavy atom. The van der Waals surface area contributed by atoms with Gasteiger partial charge >= 0.3 is 0 Å². The van der Waals surface area contributed by atoms with Gasteiger partial charge in [-0.1, -0.05) is 6.42 Å². The van der Waals surface area contributed by atoms with Gasteiger partial charge in [-0.05, 0) is 25.5 Å². The highest BCUT2D eigenvalue weighted by atomic mass is 16.2. The van der Waals surface area contributed by atoms with Crippen molar-refractivity contribution in [2.75, 3.05) is 27.2 Å². The van der Waals surface area contributed by atoms with Crippen LogP contribution in [0.5, 0.6) is 0 Å². The van der Waals surface area contributed by atoms with Gasteiger partial charge in [0, 0.05) is 20.3 Å². The molecule has 0 aliphatic carbocycles. The van der Waals surface area contributed by atoms with Crippen LogP contribution in [0.4, 0.5) is 0 Å². The second-order valence-corrected chi connectivity index (χ2v) is 4.78. The van der Waals surface area contributed by atoms with Crippen molar-refractivity contribution in [3.63, 3.8) is 0 Å². The number of rotatable bonds is 3. The number of hydrogen-bond acceptors (Lipinski definition) is 3. The zero-order valence-electron chi connectivity index (χ0n) is 10.5. The Kier molecular flexibility index (Phi) is 3.78. The molecule has 0 saturated carbocycles. The summed E-state index contributed by atoms with van der Waals surface area (Å²) in [5.74, 6) is 0.163. The van der Waals surface area contributed by atoms with Crippen LogP contribution in [-0.4, -0.2) is 53.1 Å². The summed E-state index contributed by atoms with van der Waals surface area (Å²) < 4.78 is 0. The number of amides is 1. The molecule has 1 saturated heterocycles. The number of carbonyl (C=O) groups is 1. The summed E-state index contributed by atoms with van der Waals surface area (Å²) in [7, 11) is 3.61. The SMILES string of the molecule is CN(C)C(=O)CN1CCCC[C@@H]1c1ccn[nH]1. The predicted molar refractivity (Wildman–Crippen MR) is 65.4 cm³/mol. The minimum absolute atomic E-state index is 0.163. The van der Waals surface area contributed by atoms with E-state index in [1.807, 2.05) is 6.07 Å².